The van der Waals surface area contributed by atoms with Crippen LogP contribution in [0, 0.1) is 0 Å². The number of ether oxygens (including phenoxy) is 2. The van der Waals surface area contributed by atoms with Crippen molar-refractivity contribution in [2.24, 2.45) is 0 Å². The summed E-state index contributed by atoms with van der Waals surface area (Å²) in [5.74, 6) is 1.14. The molecule has 0 radical (unpaired) electrons. The standard InChI is InChI=1S/C14H22N2O3/c1-15-8-5-9-16(2)14(17)12-10-11(18-3)6-7-13(12)19-4/h6-7,10,15H,5,8-9H2,1-4H3. The lowest BCUT2D eigenvalue weighted by Crippen LogP contribution is -2.29. The lowest BCUT2D eigenvalue weighted by Gasteiger charge is -2.19. The summed E-state index contributed by atoms with van der Waals surface area (Å²) >= 11 is 0. The van der Waals surface area contributed by atoms with Gasteiger partial charge in [-0.3, -0.25) is 4.79 Å². The van der Waals surface area contributed by atoms with Gasteiger partial charge < -0.3 is 19.7 Å². The van der Waals surface area contributed by atoms with Crippen molar-refractivity contribution in [1.82, 2.24) is 10.2 Å². The first-order valence-electron chi connectivity index (χ1n) is 6.26. The molecule has 0 bridgehead atoms. The number of nitrogens with zero attached hydrogens (tertiary/aromatic N) is 1. The fraction of sp³-hybridized carbons (Fsp3) is 0.500. The maximum absolute atomic E-state index is 12.4. The van der Waals surface area contributed by atoms with Crippen LogP contribution in [0.4, 0.5) is 0 Å². The van der Waals surface area contributed by atoms with Crippen molar-refractivity contribution < 1.29 is 14.3 Å². The Morgan fingerprint density at radius 3 is 2.63 bits per heavy atom. The third-order valence-corrected chi connectivity index (χ3v) is 2.90. The Bertz CT molecular complexity index is 421. The van der Waals surface area contributed by atoms with E-state index in [0.29, 0.717) is 23.6 Å². The lowest BCUT2D eigenvalue weighted by molar-refractivity contribution is 0.0790. The number of amides is 1. The van der Waals surface area contributed by atoms with Gasteiger partial charge in [0.25, 0.3) is 5.91 Å². The molecule has 1 N–H and O–H groups in total. The van der Waals surface area contributed by atoms with Crippen LogP contribution in [0.2, 0.25) is 0 Å². The average Bonchev–Trinajstić information content (AvgIpc) is 2.45. The molecule has 0 spiro atoms. The molecule has 1 rings (SSSR count). The van der Waals surface area contributed by atoms with Crippen molar-refractivity contribution in [2.75, 3.05) is 41.4 Å². The Balaban J connectivity index is 2.84. The Kier molecular flexibility index (Phi) is 6.15. The molecule has 0 saturated carbocycles. The zero-order chi connectivity index (χ0) is 14.3. The number of carbonyl (C=O) groups is 1. The molecular weight excluding hydrogens is 244 g/mol. The molecule has 1 aromatic carbocycles. The van der Waals surface area contributed by atoms with Crippen LogP contribution in [0.15, 0.2) is 18.2 Å². The van der Waals surface area contributed by atoms with Crippen LogP contribution in [-0.4, -0.2) is 52.2 Å². The normalized spacial score (nSPS) is 10.1. The molecule has 1 amide bonds. The van der Waals surface area contributed by atoms with E-state index in [4.69, 9.17) is 9.47 Å². The van der Waals surface area contributed by atoms with E-state index >= 15 is 0 Å². The zero-order valence-electron chi connectivity index (χ0n) is 12.0. The fourth-order valence-corrected chi connectivity index (χ4v) is 1.78. The highest BCUT2D eigenvalue weighted by Gasteiger charge is 2.17. The zero-order valence-corrected chi connectivity index (χ0v) is 12.0. The van der Waals surface area contributed by atoms with Gasteiger partial charge in [-0.25, -0.2) is 0 Å². The van der Waals surface area contributed by atoms with Crippen molar-refractivity contribution in [3.8, 4) is 11.5 Å². The van der Waals surface area contributed by atoms with Crippen LogP contribution in [0.5, 0.6) is 11.5 Å². The largest absolute Gasteiger partial charge is 0.497 e. The van der Waals surface area contributed by atoms with E-state index in [-0.39, 0.29) is 5.91 Å². The predicted molar refractivity (Wildman–Crippen MR) is 75.1 cm³/mol. The van der Waals surface area contributed by atoms with E-state index in [2.05, 4.69) is 5.32 Å². The Labute approximate surface area is 114 Å². The smallest absolute Gasteiger partial charge is 0.257 e. The first-order valence-corrected chi connectivity index (χ1v) is 6.26. The Hall–Kier alpha value is -1.75. The first-order chi connectivity index (χ1) is 9.13. The van der Waals surface area contributed by atoms with Crippen molar-refractivity contribution in [1.29, 1.82) is 0 Å². The van der Waals surface area contributed by atoms with Gasteiger partial charge in [0.15, 0.2) is 0 Å². The van der Waals surface area contributed by atoms with E-state index in [9.17, 15) is 4.79 Å². The topological polar surface area (TPSA) is 50.8 Å². The molecule has 106 valence electrons. The predicted octanol–water partition coefficient (Wildman–Crippen LogP) is 1.39. The van der Waals surface area contributed by atoms with Gasteiger partial charge >= 0.3 is 0 Å². The van der Waals surface area contributed by atoms with Gasteiger partial charge in [-0.05, 0) is 38.2 Å². The minimum Gasteiger partial charge on any atom is -0.497 e. The summed E-state index contributed by atoms with van der Waals surface area (Å²) in [5.41, 5.74) is 0.522. The highest BCUT2D eigenvalue weighted by molar-refractivity contribution is 5.97. The Morgan fingerprint density at radius 2 is 2.05 bits per heavy atom. The molecule has 0 aromatic heterocycles. The van der Waals surface area contributed by atoms with Crippen LogP contribution in [-0.2, 0) is 0 Å². The van der Waals surface area contributed by atoms with Gasteiger partial charge in [-0.1, -0.05) is 0 Å². The van der Waals surface area contributed by atoms with E-state index in [1.807, 2.05) is 7.05 Å². The maximum Gasteiger partial charge on any atom is 0.257 e. The third-order valence-electron chi connectivity index (χ3n) is 2.90. The van der Waals surface area contributed by atoms with E-state index in [1.54, 1.807) is 44.4 Å². The molecule has 0 aliphatic heterocycles. The van der Waals surface area contributed by atoms with Crippen molar-refractivity contribution in [3.05, 3.63) is 23.8 Å². The minimum absolute atomic E-state index is 0.0631. The highest BCUT2D eigenvalue weighted by atomic mass is 16.5. The minimum atomic E-state index is -0.0631. The van der Waals surface area contributed by atoms with Gasteiger partial charge in [0.2, 0.25) is 0 Å². The number of carbonyl (C=O) groups excluding carboxylic acids is 1. The highest BCUT2D eigenvalue weighted by Crippen LogP contribution is 2.25. The van der Waals surface area contributed by atoms with Crippen LogP contribution in [0.1, 0.15) is 16.8 Å². The monoisotopic (exact) mass is 266 g/mol. The second-order valence-corrected chi connectivity index (χ2v) is 4.25. The average molecular weight is 266 g/mol. The summed E-state index contributed by atoms with van der Waals surface area (Å²) in [6.07, 6.45) is 0.908. The molecule has 0 saturated heterocycles. The number of hydrogen-bond donors (Lipinski definition) is 1. The van der Waals surface area contributed by atoms with Crippen molar-refractivity contribution >= 4 is 5.91 Å². The summed E-state index contributed by atoms with van der Waals surface area (Å²) in [5, 5.41) is 3.06. The fourth-order valence-electron chi connectivity index (χ4n) is 1.78. The van der Waals surface area contributed by atoms with Crippen LogP contribution in [0.25, 0.3) is 0 Å². The number of rotatable bonds is 7. The molecular formula is C14H22N2O3. The van der Waals surface area contributed by atoms with Crippen LogP contribution >= 0.6 is 0 Å². The molecule has 1 aromatic rings. The summed E-state index contributed by atoms with van der Waals surface area (Å²) in [6, 6.07) is 5.22. The quantitative estimate of drug-likeness (QED) is 0.758. The van der Waals surface area contributed by atoms with Gasteiger partial charge in [0.05, 0.1) is 19.8 Å². The van der Waals surface area contributed by atoms with E-state index < -0.39 is 0 Å². The van der Waals surface area contributed by atoms with E-state index in [1.165, 1.54) is 0 Å². The van der Waals surface area contributed by atoms with E-state index in [0.717, 1.165) is 13.0 Å². The van der Waals surface area contributed by atoms with Crippen molar-refractivity contribution in [3.63, 3.8) is 0 Å². The number of hydrogen-bond acceptors (Lipinski definition) is 4. The number of methoxy groups -OCH3 is 2. The summed E-state index contributed by atoms with van der Waals surface area (Å²) in [4.78, 5) is 14.0. The first kappa shape index (κ1) is 15.3. The summed E-state index contributed by atoms with van der Waals surface area (Å²) in [6.45, 7) is 1.58. The molecule has 5 nitrogen and oxygen atoms in total. The van der Waals surface area contributed by atoms with Gasteiger partial charge in [-0.2, -0.15) is 0 Å². The molecule has 0 unspecified atom stereocenters. The van der Waals surface area contributed by atoms with Gasteiger partial charge in [0, 0.05) is 13.6 Å². The second kappa shape index (κ2) is 7.63. The molecule has 0 atom stereocenters. The molecule has 0 aliphatic carbocycles. The van der Waals surface area contributed by atoms with Gasteiger partial charge in [-0.15, -0.1) is 0 Å². The molecule has 0 heterocycles. The van der Waals surface area contributed by atoms with Crippen LogP contribution in [0.3, 0.4) is 0 Å². The SMILES string of the molecule is CNCCCN(C)C(=O)c1cc(OC)ccc1OC. The summed E-state index contributed by atoms with van der Waals surface area (Å²) in [7, 11) is 6.82. The molecule has 5 heteroatoms. The number of nitrogens with one attached hydrogen (secondary N) is 1. The molecule has 19 heavy (non-hydrogen) atoms. The van der Waals surface area contributed by atoms with Crippen LogP contribution < -0.4 is 14.8 Å². The lowest BCUT2D eigenvalue weighted by atomic mass is 10.1. The molecule has 0 aliphatic rings. The van der Waals surface area contributed by atoms with Gasteiger partial charge in [0.1, 0.15) is 11.5 Å². The third kappa shape index (κ3) is 4.13. The maximum atomic E-state index is 12.4. The number of benzene rings is 1. The molecule has 0 fully saturated rings. The second-order valence-electron chi connectivity index (χ2n) is 4.25. The Morgan fingerprint density at radius 1 is 1.32 bits per heavy atom. The van der Waals surface area contributed by atoms with Crippen molar-refractivity contribution in [2.45, 2.75) is 6.42 Å². The summed E-state index contributed by atoms with van der Waals surface area (Å²) < 4.78 is 10.4.